The maximum absolute atomic E-state index is 14.1. The molecule has 4 rings (SSSR count). The number of nitrogens with one attached hydrogen (secondary N) is 1. The lowest BCUT2D eigenvalue weighted by Crippen LogP contribution is -2.22. The van der Waals surface area contributed by atoms with E-state index in [-0.39, 0.29) is 18.5 Å². The molecule has 1 aromatic heterocycles. The Bertz CT molecular complexity index is 1430. The summed E-state index contributed by atoms with van der Waals surface area (Å²) in [5.41, 5.74) is 1.61. The van der Waals surface area contributed by atoms with Gasteiger partial charge in [-0.2, -0.15) is 0 Å². The highest BCUT2D eigenvalue weighted by atomic mass is 32.1. The summed E-state index contributed by atoms with van der Waals surface area (Å²) in [6.07, 6.45) is -8.05. The van der Waals surface area contributed by atoms with E-state index in [2.05, 4.69) is 19.8 Å². The molecule has 1 aliphatic carbocycles. The van der Waals surface area contributed by atoms with Gasteiger partial charge >= 0.3 is 12.7 Å². The van der Waals surface area contributed by atoms with E-state index in [0.29, 0.717) is 45.0 Å². The highest BCUT2D eigenvalue weighted by molar-refractivity contribution is 7.09. The van der Waals surface area contributed by atoms with Gasteiger partial charge in [-0.15, -0.1) is 37.7 Å². The Morgan fingerprint density at radius 1 is 1.05 bits per heavy atom. The number of carbonyl (C=O) groups is 1. The van der Waals surface area contributed by atoms with Gasteiger partial charge in [0.25, 0.3) is 0 Å². The molecule has 0 saturated heterocycles. The molecule has 0 unspecified atom stereocenters. The van der Waals surface area contributed by atoms with E-state index >= 15 is 0 Å². The molecule has 39 heavy (non-hydrogen) atoms. The number of amides is 1. The van der Waals surface area contributed by atoms with Crippen LogP contribution >= 0.6 is 11.3 Å². The quantitative estimate of drug-likeness (QED) is 0.303. The topological polar surface area (TPSA) is 80.7 Å². The number of alkyl halides is 6. The standard InChI is InChI=1S/C25H17F7N2O4S/c1-12-16(6-13-7-19(37-24(27,28)29)23(36)20(8-13)38-25(30,31)32)15-3-2-14(26)9-18(15)17(12)10-21(35)34-11-22-33-4-5-39-22/h2-9,36H,10-11H2,1H3,(H,34,35)/b16-6-. The van der Waals surface area contributed by atoms with Gasteiger partial charge in [0.05, 0.1) is 13.0 Å². The number of hydrogen-bond donors (Lipinski definition) is 2. The van der Waals surface area contributed by atoms with Gasteiger partial charge in [-0.25, -0.2) is 9.37 Å². The SMILES string of the molecule is CC1=C(CC(=O)NCc2nccs2)c2cc(F)ccc2/C1=C\c1cc(OC(F)(F)F)c(O)c(OC(F)(F)F)c1. The van der Waals surface area contributed by atoms with Gasteiger partial charge in [0, 0.05) is 11.6 Å². The van der Waals surface area contributed by atoms with Gasteiger partial charge in [0.15, 0.2) is 11.5 Å². The van der Waals surface area contributed by atoms with Crippen LogP contribution < -0.4 is 14.8 Å². The van der Waals surface area contributed by atoms with E-state index in [1.54, 1.807) is 18.5 Å². The Kier molecular flexibility index (Phi) is 7.59. The number of aromatic nitrogens is 1. The fourth-order valence-corrected chi connectivity index (χ4v) is 4.53. The minimum absolute atomic E-state index is 0.166. The van der Waals surface area contributed by atoms with E-state index < -0.39 is 41.7 Å². The Balaban J connectivity index is 1.75. The first kappa shape index (κ1) is 28.0. The minimum Gasteiger partial charge on any atom is -0.502 e. The molecule has 0 bridgehead atoms. The Hall–Kier alpha value is -4.07. The monoisotopic (exact) mass is 574 g/mol. The molecule has 0 saturated carbocycles. The average Bonchev–Trinajstić information content (AvgIpc) is 3.42. The summed E-state index contributed by atoms with van der Waals surface area (Å²) < 4.78 is 98.6. The van der Waals surface area contributed by atoms with Crippen LogP contribution in [0.5, 0.6) is 17.2 Å². The zero-order valence-electron chi connectivity index (χ0n) is 19.7. The van der Waals surface area contributed by atoms with Crippen molar-refractivity contribution in [2.24, 2.45) is 0 Å². The summed E-state index contributed by atoms with van der Waals surface area (Å²) in [5, 5.41) is 15.0. The number of rotatable bonds is 7. The molecule has 206 valence electrons. The van der Waals surface area contributed by atoms with Crippen molar-refractivity contribution < 1.29 is 50.1 Å². The number of nitrogens with zero attached hydrogens (tertiary/aromatic N) is 1. The molecular formula is C25H17F7N2O4S. The fourth-order valence-electron chi connectivity index (χ4n) is 3.98. The van der Waals surface area contributed by atoms with Crippen molar-refractivity contribution in [2.75, 3.05) is 0 Å². The molecule has 2 aromatic carbocycles. The first-order valence-electron chi connectivity index (χ1n) is 11.0. The van der Waals surface area contributed by atoms with Crippen LogP contribution in [0.25, 0.3) is 17.2 Å². The lowest BCUT2D eigenvalue weighted by molar-refractivity contribution is -0.277. The normalized spacial score (nSPS) is 14.5. The van der Waals surface area contributed by atoms with Crippen LogP contribution in [-0.2, 0) is 11.3 Å². The number of carbonyl (C=O) groups excluding carboxylic acids is 1. The van der Waals surface area contributed by atoms with E-state index in [1.807, 2.05) is 0 Å². The molecule has 3 aromatic rings. The van der Waals surface area contributed by atoms with Crippen molar-refractivity contribution in [1.82, 2.24) is 10.3 Å². The number of allylic oxidation sites excluding steroid dienone is 2. The van der Waals surface area contributed by atoms with Gasteiger partial charge < -0.3 is 19.9 Å². The Labute approximate surface area is 220 Å². The predicted octanol–water partition coefficient (Wildman–Crippen LogP) is 6.82. The predicted molar refractivity (Wildman–Crippen MR) is 127 cm³/mol. The van der Waals surface area contributed by atoms with Crippen LogP contribution in [0.4, 0.5) is 30.7 Å². The molecular weight excluding hydrogens is 557 g/mol. The van der Waals surface area contributed by atoms with Crippen LogP contribution in [0.2, 0.25) is 0 Å². The number of fused-ring (bicyclic) bond motifs is 1. The highest BCUT2D eigenvalue weighted by Crippen LogP contribution is 2.46. The molecule has 0 spiro atoms. The lowest BCUT2D eigenvalue weighted by atomic mass is 10.00. The second kappa shape index (κ2) is 10.6. The van der Waals surface area contributed by atoms with E-state index in [4.69, 9.17) is 0 Å². The molecule has 0 aliphatic heterocycles. The second-order valence-corrected chi connectivity index (χ2v) is 9.17. The van der Waals surface area contributed by atoms with Crippen molar-refractivity contribution in [3.8, 4) is 17.2 Å². The third-order valence-corrected chi connectivity index (χ3v) is 6.32. The third kappa shape index (κ3) is 6.88. The summed E-state index contributed by atoms with van der Waals surface area (Å²) in [6.45, 7) is 1.74. The Morgan fingerprint density at radius 2 is 1.69 bits per heavy atom. The zero-order valence-corrected chi connectivity index (χ0v) is 20.5. The van der Waals surface area contributed by atoms with Gasteiger partial charge in [0.1, 0.15) is 10.8 Å². The summed E-state index contributed by atoms with van der Waals surface area (Å²) in [7, 11) is 0. The molecule has 0 radical (unpaired) electrons. The van der Waals surface area contributed by atoms with Crippen LogP contribution in [0.3, 0.4) is 0 Å². The van der Waals surface area contributed by atoms with E-state index in [0.717, 1.165) is 6.07 Å². The number of phenols is 1. The molecule has 0 atom stereocenters. The smallest absolute Gasteiger partial charge is 0.502 e. The van der Waals surface area contributed by atoms with Gasteiger partial charge in [-0.1, -0.05) is 6.07 Å². The van der Waals surface area contributed by atoms with Crippen molar-refractivity contribution >= 4 is 34.5 Å². The van der Waals surface area contributed by atoms with Gasteiger partial charge in [0.2, 0.25) is 11.7 Å². The van der Waals surface area contributed by atoms with Crippen LogP contribution in [0, 0.1) is 5.82 Å². The van der Waals surface area contributed by atoms with Crippen LogP contribution in [0.1, 0.15) is 35.0 Å². The molecule has 2 N–H and O–H groups in total. The minimum atomic E-state index is -5.33. The maximum Gasteiger partial charge on any atom is 0.573 e. The average molecular weight is 574 g/mol. The molecule has 14 heteroatoms. The number of thiazole rings is 1. The first-order valence-corrected chi connectivity index (χ1v) is 11.8. The summed E-state index contributed by atoms with van der Waals surface area (Å²) >= 11 is 1.33. The van der Waals surface area contributed by atoms with E-state index in [9.17, 15) is 40.6 Å². The first-order chi connectivity index (χ1) is 18.2. The van der Waals surface area contributed by atoms with Crippen molar-refractivity contribution in [3.63, 3.8) is 0 Å². The summed E-state index contributed by atoms with van der Waals surface area (Å²) in [5.74, 6) is -5.18. The van der Waals surface area contributed by atoms with Crippen molar-refractivity contribution in [2.45, 2.75) is 32.6 Å². The van der Waals surface area contributed by atoms with Crippen LogP contribution in [-0.4, -0.2) is 28.7 Å². The molecule has 1 heterocycles. The van der Waals surface area contributed by atoms with Crippen molar-refractivity contribution in [3.05, 3.63) is 75.0 Å². The largest absolute Gasteiger partial charge is 0.573 e. The number of phenolic OH excluding ortho intramolecular Hbond substituents is 1. The Morgan fingerprint density at radius 3 is 2.26 bits per heavy atom. The molecule has 1 amide bonds. The summed E-state index contributed by atoms with van der Waals surface area (Å²) in [4.78, 5) is 16.7. The highest BCUT2D eigenvalue weighted by Gasteiger charge is 2.36. The van der Waals surface area contributed by atoms with Gasteiger partial charge in [-0.3, -0.25) is 4.79 Å². The third-order valence-electron chi connectivity index (χ3n) is 5.54. The lowest BCUT2D eigenvalue weighted by Gasteiger charge is -2.16. The fraction of sp³-hybridized carbons (Fsp3) is 0.200. The molecule has 0 fully saturated rings. The number of aromatic hydroxyl groups is 1. The summed E-state index contributed by atoms with van der Waals surface area (Å²) in [6, 6.07) is 5.03. The van der Waals surface area contributed by atoms with Crippen LogP contribution in [0.15, 0.2) is 47.5 Å². The van der Waals surface area contributed by atoms with E-state index in [1.165, 1.54) is 29.5 Å². The van der Waals surface area contributed by atoms with Crippen molar-refractivity contribution in [1.29, 1.82) is 0 Å². The molecule has 6 nitrogen and oxygen atoms in total. The number of benzene rings is 2. The zero-order chi connectivity index (χ0) is 28.5. The number of halogens is 7. The number of ether oxygens (including phenoxy) is 2. The number of hydrogen-bond acceptors (Lipinski definition) is 6. The second-order valence-electron chi connectivity index (χ2n) is 8.19. The molecule has 1 aliphatic rings. The maximum atomic E-state index is 14.1. The van der Waals surface area contributed by atoms with Gasteiger partial charge in [-0.05, 0) is 70.7 Å².